The standard InChI is InChI=1S/C26H33F2N7O4S2/c1-41(37,38)34-10-7-20(8-11-34)31-26-30-16-19-15-21(23(27)28)25(36)35(24(19)32-26)12-14-39-13-9-22(29)33-40-17-18-5-3-2-4-6-18/h2-6,15-16,20,23H,7-14,17H2,1H3,(H2,29,33)(H,30,31,32). The first-order valence-electron chi connectivity index (χ1n) is 13.1. The van der Waals surface area contributed by atoms with E-state index in [9.17, 15) is 22.0 Å². The zero-order chi connectivity index (χ0) is 29.4. The lowest BCUT2D eigenvalue weighted by atomic mass is 10.1. The summed E-state index contributed by atoms with van der Waals surface area (Å²) < 4.78 is 63.2. The van der Waals surface area contributed by atoms with E-state index in [-0.39, 0.29) is 37.4 Å². The number of sulfonamides is 1. The van der Waals surface area contributed by atoms with Gasteiger partial charge < -0.3 is 15.8 Å². The molecule has 1 fully saturated rings. The Hall–Kier alpha value is -3.14. The van der Waals surface area contributed by atoms with Gasteiger partial charge in [0.15, 0.2) is 0 Å². The van der Waals surface area contributed by atoms with E-state index < -0.39 is 27.6 Å². The number of ether oxygens (including phenoxy) is 1. The second-order valence-corrected chi connectivity index (χ2v) is 12.3. The van der Waals surface area contributed by atoms with Crippen LogP contribution < -0.4 is 16.6 Å². The predicted molar refractivity (Wildman–Crippen MR) is 157 cm³/mol. The van der Waals surface area contributed by atoms with E-state index in [1.807, 2.05) is 30.3 Å². The van der Waals surface area contributed by atoms with Crippen LogP contribution in [0.2, 0.25) is 0 Å². The summed E-state index contributed by atoms with van der Waals surface area (Å²) in [7, 11) is -3.26. The van der Waals surface area contributed by atoms with Gasteiger partial charge in [0.1, 0.15) is 11.5 Å². The van der Waals surface area contributed by atoms with Gasteiger partial charge in [-0.3, -0.25) is 9.36 Å². The third-order valence-corrected chi connectivity index (χ3v) is 8.69. The van der Waals surface area contributed by atoms with Crippen molar-refractivity contribution in [2.24, 2.45) is 10.1 Å². The number of halogens is 2. The molecule has 0 saturated carbocycles. The predicted octanol–water partition coefficient (Wildman–Crippen LogP) is 3.18. The van der Waals surface area contributed by atoms with Gasteiger partial charge in [-0.25, -0.2) is 30.9 Å². The highest BCUT2D eigenvalue weighted by Gasteiger charge is 2.25. The Kier molecular flexibility index (Phi) is 10.6. The summed E-state index contributed by atoms with van der Waals surface area (Å²) in [6.07, 6.45) is 1.10. The maximum Gasteiger partial charge on any atom is 0.269 e. The summed E-state index contributed by atoms with van der Waals surface area (Å²) in [4.78, 5) is 21.6. The second kappa shape index (κ2) is 14.2. The molecule has 0 spiro atoms. The van der Waals surface area contributed by atoms with Crippen LogP contribution in [0.25, 0.3) is 11.0 Å². The molecule has 1 aliphatic heterocycles. The fourth-order valence-corrected chi connectivity index (χ4v) is 5.91. The quantitative estimate of drug-likeness (QED) is 0.129. The first kappa shape index (κ1) is 30.8. The highest BCUT2D eigenvalue weighted by atomic mass is 32.2. The third kappa shape index (κ3) is 8.67. The monoisotopic (exact) mass is 609 g/mol. The van der Waals surface area contributed by atoms with Crippen molar-refractivity contribution in [2.75, 3.05) is 37.9 Å². The molecule has 11 nitrogen and oxygen atoms in total. The number of piperidine rings is 1. The lowest BCUT2D eigenvalue weighted by Gasteiger charge is -2.30. The van der Waals surface area contributed by atoms with Gasteiger partial charge in [0.05, 0.1) is 31.6 Å². The Labute approximate surface area is 241 Å². The lowest BCUT2D eigenvalue weighted by Crippen LogP contribution is -2.42. The molecule has 222 valence electrons. The van der Waals surface area contributed by atoms with Crippen molar-refractivity contribution in [1.29, 1.82) is 0 Å². The Morgan fingerprint density at radius 2 is 1.98 bits per heavy atom. The summed E-state index contributed by atoms with van der Waals surface area (Å²) in [5.41, 5.74) is 5.81. The summed E-state index contributed by atoms with van der Waals surface area (Å²) >= 11 is 1.34. The van der Waals surface area contributed by atoms with Crippen molar-refractivity contribution in [3.8, 4) is 0 Å². The van der Waals surface area contributed by atoms with E-state index in [1.165, 1.54) is 33.3 Å². The van der Waals surface area contributed by atoms with Gasteiger partial charge in [0.2, 0.25) is 16.0 Å². The maximum absolute atomic E-state index is 13.6. The van der Waals surface area contributed by atoms with Gasteiger partial charge in [0, 0.05) is 42.9 Å². The van der Waals surface area contributed by atoms with Gasteiger partial charge in [-0.2, -0.15) is 4.98 Å². The summed E-state index contributed by atoms with van der Waals surface area (Å²) in [5.74, 6) is 1.34. The maximum atomic E-state index is 13.6. The van der Waals surface area contributed by atoms with Crippen LogP contribution in [0.4, 0.5) is 14.7 Å². The largest absolute Gasteiger partial charge is 0.387 e. The summed E-state index contributed by atoms with van der Waals surface area (Å²) in [5, 5.41) is 3.47. The molecular formula is C26H33F2N7O4S2. The fourth-order valence-electron chi connectivity index (χ4n) is 4.37. The highest BCUT2D eigenvalue weighted by Crippen LogP contribution is 2.22. The molecule has 3 aromatic rings. The number of nitrogens with one attached hydrogen (secondary N) is 1. The number of benzene rings is 1. The number of anilines is 1. The zero-order valence-electron chi connectivity index (χ0n) is 22.6. The number of nitrogens with zero attached hydrogens (tertiary/aromatic N) is 5. The topological polar surface area (TPSA) is 145 Å². The van der Waals surface area contributed by atoms with Crippen molar-refractivity contribution in [3.63, 3.8) is 0 Å². The summed E-state index contributed by atoms with van der Waals surface area (Å²) in [6, 6.07) is 10.9. The van der Waals surface area contributed by atoms with E-state index in [0.29, 0.717) is 49.3 Å². The smallest absolute Gasteiger partial charge is 0.269 e. The van der Waals surface area contributed by atoms with Crippen LogP contribution in [0.3, 0.4) is 0 Å². The molecule has 0 bridgehead atoms. The molecule has 0 amide bonds. The van der Waals surface area contributed by atoms with E-state index in [2.05, 4.69) is 19.7 Å². The van der Waals surface area contributed by atoms with Crippen molar-refractivity contribution < 1.29 is 21.9 Å². The van der Waals surface area contributed by atoms with Crippen LogP contribution in [0, 0.1) is 0 Å². The minimum Gasteiger partial charge on any atom is -0.387 e. The van der Waals surface area contributed by atoms with Crippen LogP contribution in [0.5, 0.6) is 0 Å². The molecular weight excluding hydrogens is 576 g/mol. The molecule has 0 radical (unpaired) electrons. The first-order chi connectivity index (χ1) is 19.6. The molecule has 1 aliphatic rings. The molecule has 3 heterocycles. The van der Waals surface area contributed by atoms with Gasteiger partial charge in [-0.1, -0.05) is 30.3 Å². The number of aromatic nitrogens is 3. The third-order valence-electron chi connectivity index (χ3n) is 6.56. The average molecular weight is 610 g/mol. The van der Waals surface area contributed by atoms with Crippen LogP contribution in [-0.2, 0) is 27.1 Å². The van der Waals surface area contributed by atoms with E-state index in [4.69, 9.17) is 10.5 Å². The minimum absolute atomic E-state index is 0.00109. The molecule has 15 heteroatoms. The number of nitrogens with two attached hydrogens (primary N) is 1. The molecule has 0 unspecified atom stereocenters. The van der Waals surface area contributed by atoms with E-state index >= 15 is 0 Å². The zero-order valence-corrected chi connectivity index (χ0v) is 24.2. The fraction of sp³-hybridized carbons (Fsp3) is 0.462. The molecule has 1 saturated heterocycles. The number of fused-ring (bicyclic) bond motifs is 1. The van der Waals surface area contributed by atoms with Crippen molar-refractivity contribution >= 4 is 44.8 Å². The van der Waals surface area contributed by atoms with Crippen LogP contribution in [0.1, 0.15) is 36.8 Å². The van der Waals surface area contributed by atoms with Crippen molar-refractivity contribution in [2.45, 2.75) is 44.0 Å². The normalized spacial score (nSPS) is 15.6. The highest BCUT2D eigenvalue weighted by molar-refractivity contribution is 7.97. The van der Waals surface area contributed by atoms with E-state index in [1.54, 1.807) is 0 Å². The molecule has 0 aliphatic carbocycles. The molecule has 0 atom stereocenters. The Bertz CT molecular complexity index is 1510. The van der Waals surface area contributed by atoms with Gasteiger partial charge in [-0.05, 0) is 36.4 Å². The minimum atomic E-state index is -3.26. The van der Waals surface area contributed by atoms with Crippen LogP contribution in [0.15, 0.2) is 51.8 Å². The first-order valence-corrected chi connectivity index (χ1v) is 15.9. The van der Waals surface area contributed by atoms with Crippen molar-refractivity contribution in [1.82, 2.24) is 18.8 Å². The van der Waals surface area contributed by atoms with Gasteiger partial charge in [0.25, 0.3) is 12.0 Å². The van der Waals surface area contributed by atoms with E-state index in [0.717, 1.165) is 11.6 Å². The second-order valence-electron chi connectivity index (χ2n) is 9.61. The number of amidine groups is 1. The number of alkyl halides is 2. The number of rotatable bonds is 13. The van der Waals surface area contributed by atoms with Gasteiger partial charge >= 0.3 is 0 Å². The number of pyridine rings is 1. The van der Waals surface area contributed by atoms with Gasteiger partial charge in [-0.15, -0.1) is 0 Å². The summed E-state index contributed by atoms with van der Waals surface area (Å²) in [6.45, 7) is 1.05. The van der Waals surface area contributed by atoms with Crippen LogP contribution in [-0.4, -0.2) is 71.7 Å². The Morgan fingerprint density at radius 3 is 2.66 bits per heavy atom. The lowest BCUT2D eigenvalue weighted by molar-refractivity contribution is 0.130. The molecule has 41 heavy (non-hydrogen) atoms. The molecule has 2 aromatic heterocycles. The number of hydrogen-bond donors (Lipinski definition) is 2. The Morgan fingerprint density at radius 1 is 1.24 bits per heavy atom. The molecule has 4 rings (SSSR count). The average Bonchev–Trinajstić information content (AvgIpc) is 2.94. The Balaban J connectivity index is 1.37. The van der Waals surface area contributed by atoms with Crippen LogP contribution >= 0.6 is 11.9 Å². The SMILES string of the molecule is CS(=O)(=O)N1CCC(Nc2ncc3cc(C(F)F)c(=O)n(CCOCC/C(N)=N\SCc4ccccc4)c3n2)CC1. The molecule has 1 aromatic carbocycles. The van der Waals surface area contributed by atoms with Crippen molar-refractivity contribution in [3.05, 3.63) is 64.1 Å². The molecule has 3 N–H and O–H groups in total. The number of hydrogen-bond acceptors (Lipinski definition) is 9.